The van der Waals surface area contributed by atoms with Crippen LogP contribution in [0.5, 0.6) is 5.75 Å². The molecule has 10 nitrogen and oxygen atoms in total. The Morgan fingerprint density at radius 3 is 2.25 bits per heavy atom. The third-order valence-electron chi connectivity index (χ3n) is 5.21. The highest BCUT2D eigenvalue weighted by Gasteiger charge is 2.14. The van der Waals surface area contributed by atoms with Gasteiger partial charge in [-0.2, -0.15) is 0 Å². The van der Waals surface area contributed by atoms with Gasteiger partial charge >= 0.3 is 11.9 Å². The number of carboxylic acids is 1. The summed E-state index contributed by atoms with van der Waals surface area (Å²) in [5, 5.41) is 19.0. The summed E-state index contributed by atoms with van der Waals surface area (Å²) < 4.78 is 37.9. The number of aryl methyl sites for hydroxylation is 1. The molecule has 0 aliphatic heterocycles. The maximum absolute atomic E-state index is 13.8. The zero-order chi connectivity index (χ0) is 29.8. The third kappa shape index (κ3) is 10.1. The number of carbonyl (C=O) groups is 3. The summed E-state index contributed by atoms with van der Waals surface area (Å²) in [5.41, 5.74) is 1.95. The van der Waals surface area contributed by atoms with E-state index in [0.717, 1.165) is 30.2 Å². The number of nitrogens with one attached hydrogen (secondary N) is 1. The zero-order valence-electron chi connectivity index (χ0n) is 21.6. The fourth-order valence-electron chi connectivity index (χ4n) is 3.18. The van der Waals surface area contributed by atoms with Crippen molar-refractivity contribution in [1.29, 1.82) is 0 Å². The van der Waals surface area contributed by atoms with Crippen LogP contribution in [-0.4, -0.2) is 45.8 Å². The molecule has 0 atom stereocenters. The highest BCUT2D eigenvalue weighted by molar-refractivity contribution is 6.31. The van der Waals surface area contributed by atoms with E-state index in [-0.39, 0.29) is 36.0 Å². The van der Waals surface area contributed by atoms with Crippen LogP contribution in [0.25, 0.3) is 0 Å². The Kier molecular flexibility index (Phi) is 12.2. The van der Waals surface area contributed by atoms with Crippen LogP contribution in [0, 0.1) is 18.6 Å². The number of pyridine rings is 1. The van der Waals surface area contributed by atoms with Crippen LogP contribution in [-0.2, 0) is 38.8 Å². The SMILES string of the molecule is CC(=O)OCC(=O)O.Cc1cc(OCc2ccc(F)cc2F)c(Cl)c(=O)n1Cc1ccc(CNC(=O)CO)cc1. The number of hydrogen-bond donors (Lipinski definition) is 3. The van der Waals surface area contributed by atoms with Crippen LogP contribution in [0.2, 0.25) is 5.02 Å². The lowest BCUT2D eigenvalue weighted by Crippen LogP contribution is -2.25. The molecule has 3 N–H and O–H groups in total. The lowest BCUT2D eigenvalue weighted by molar-refractivity contribution is -0.153. The van der Waals surface area contributed by atoms with Crippen molar-refractivity contribution >= 4 is 29.4 Å². The van der Waals surface area contributed by atoms with Gasteiger partial charge in [-0.05, 0) is 30.2 Å². The van der Waals surface area contributed by atoms with Gasteiger partial charge in [0, 0.05) is 36.9 Å². The van der Waals surface area contributed by atoms with Crippen LogP contribution in [0.3, 0.4) is 0 Å². The van der Waals surface area contributed by atoms with E-state index in [1.165, 1.54) is 10.6 Å². The van der Waals surface area contributed by atoms with Crippen molar-refractivity contribution in [2.45, 2.75) is 33.5 Å². The minimum Gasteiger partial charge on any atom is -0.487 e. The maximum atomic E-state index is 13.8. The summed E-state index contributed by atoms with van der Waals surface area (Å²) in [6.07, 6.45) is 0. The quantitative estimate of drug-likeness (QED) is 0.311. The average Bonchev–Trinajstić information content (AvgIpc) is 2.91. The van der Waals surface area contributed by atoms with E-state index in [1.807, 2.05) is 24.3 Å². The predicted molar refractivity (Wildman–Crippen MR) is 140 cm³/mol. The van der Waals surface area contributed by atoms with Crippen molar-refractivity contribution < 1.29 is 42.9 Å². The number of nitrogens with zero attached hydrogens (tertiary/aromatic N) is 1. The lowest BCUT2D eigenvalue weighted by Gasteiger charge is -2.15. The number of aliphatic hydroxyl groups is 1. The first-order valence-corrected chi connectivity index (χ1v) is 12.1. The Bertz CT molecular complexity index is 1400. The Morgan fingerprint density at radius 1 is 1.05 bits per heavy atom. The molecule has 1 amide bonds. The average molecular weight is 581 g/mol. The summed E-state index contributed by atoms with van der Waals surface area (Å²) in [4.78, 5) is 43.4. The second kappa shape index (κ2) is 15.3. The van der Waals surface area contributed by atoms with Crippen molar-refractivity contribution in [3.63, 3.8) is 0 Å². The Hall–Kier alpha value is -4.29. The molecule has 0 saturated carbocycles. The predicted octanol–water partition coefficient (Wildman–Crippen LogP) is 2.96. The first kappa shape index (κ1) is 31.9. The maximum Gasteiger partial charge on any atom is 0.341 e. The number of aliphatic hydroxyl groups excluding tert-OH is 1. The molecule has 1 aromatic heterocycles. The van der Waals surface area contributed by atoms with Gasteiger partial charge < -0.3 is 29.6 Å². The van der Waals surface area contributed by atoms with Crippen LogP contribution in [0.1, 0.15) is 29.3 Å². The fourth-order valence-corrected chi connectivity index (χ4v) is 3.39. The van der Waals surface area contributed by atoms with Crippen LogP contribution in [0.15, 0.2) is 53.3 Å². The molecule has 2 aromatic carbocycles. The molecule has 13 heteroatoms. The first-order chi connectivity index (χ1) is 18.9. The minimum atomic E-state index is -1.14. The van der Waals surface area contributed by atoms with Crippen molar-refractivity contribution in [1.82, 2.24) is 9.88 Å². The topological polar surface area (TPSA) is 144 Å². The van der Waals surface area contributed by atoms with Crippen LogP contribution >= 0.6 is 11.6 Å². The number of ether oxygens (including phenoxy) is 2. The second-order valence-corrected chi connectivity index (χ2v) is 8.68. The number of amides is 1. The summed E-state index contributed by atoms with van der Waals surface area (Å²) in [7, 11) is 0. The van der Waals surface area contributed by atoms with Gasteiger partial charge in [0.15, 0.2) is 6.61 Å². The summed E-state index contributed by atoms with van der Waals surface area (Å²) in [6.45, 7) is 2.11. The van der Waals surface area contributed by atoms with Gasteiger partial charge in [0.1, 0.15) is 35.6 Å². The lowest BCUT2D eigenvalue weighted by atomic mass is 10.1. The molecule has 40 heavy (non-hydrogen) atoms. The van der Waals surface area contributed by atoms with Gasteiger partial charge in [0.2, 0.25) is 5.91 Å². The van der Waals surface area contributed by atoms with Crippen molar-refractivity contribution in [3.05, 3.63) is 97.9 Å². The smallest absolute Gasteiger partial charge is 0.341 e. The monoisotopic (exact) mass is 580 g/mol. The number of rotatable bonds is 10. The van der Waals surface area contributed by atoms with E-state index in [0.29, 0.717) is 5.69 Å². The number of halogens is 3. The highest BCUT2D eigenvalue weighted by atomic mass is 35.5. The second-order valence-electron chi connectivity index (χ2n) is 8.30. The molecule has 0 radical (unpaired) electrons. The molecular formula is C27H27ClF2N2O8. The summed E-state index contributed by atoms with van der Waals surface area (Å²) in [5.74, 6) is -3.50. The van der Waals surface area contributed by atoms with Crippen LogP contribution < -0.4 is 15.6 Å². The van der Waals surface area contributed by atoms with E-state index in [9.17, 15) is 28.0 Å². The summed E-state index contributed by atoms with van der Waals surface area (Å²) in [6, 6.07) is 12.0. The highest BCUT2D eigenvalue weighted by Crippen LogP contribution is 2.24. The summed E-state index contributed by atoms with van der Waals surface area (Å²) >= 11 is 6.20. The zero-order valence-corrected chi connectivity index (χ0v) is 22.3. The molecular weight excluding hydrogens is 554 g/mol. The number of carbonyl (C=O) groups excluding carboxylic acids is 2. The number of aliphatic carboxylic acids is 1. The van der Waals surface area contributed by atoms with Crippen molar-refractivity contribution in [2.24, 2.45) is 0 Å². The van der Waals surface area contributed by atoms with E-state index in [1.54, 1.807) is 13.0 Å². The Labute approximate surface area is 232 Å². The molecule has 1 heterocycles. The van der Waals surface area contributed by atoms with E-state index in [2.05, 4.69) is 10.1 Å². The van der Waals surface area contributed by atoms with Crippen LogP contribution in [0.4, 0.5) is 8.78 Å². The number of aromatic nitrogens is 1. The standard InChI is InChI=1S/C23H21ClF2N2O4.C4H6O4/c1-14-8-20(32-13-17-6-7-18(25)9-19(17)26)22(24)23(31)28(14)11-16-4-2-15(3-5-16)10-27-21(30)12-29;1-3(5)8-2-4(6)7/h2-9,29H,10-13H2,1H3,(H,27,30);2H2,1H3,(H,6,7). The van der Waals surface area contributed by atoms with Gasteiger partial charge in [-0.15, -0.1) is 0 Å². The minimum absolute atomic E-state index is 0.115. The number of esters is 1. The molecule has 3 rings (SSSR count). The molecule has 0 saturated heterocycles. The van der Waals surface area contributed by atoms with Gasteiger partial charge in [-0.1, -0.05) is 35.9 Å². The van der Waals surface area contributed by atoms with E-state index in [4.69, 9.17) is 26.6 Å². The Morgan fingerprint density at radius 2 is 1.70 bits per heavy atom. The molecule has 0 fully saturated rings. The van der Waals surface area contributed by atoms with Crippen molar-refractivity contribution in [3.8, 4) is 5.75 Å². The van der Waals surface area contributed by atoms with Gasteiger partial charge in [0.05, 0.1) is 6.54 Å². The number of benzene rings is 2. The largest absolute Gasteiger partial charge is 0.487 e. The number of hydrogen-bond acceptors (Lipinski definition) is 7. The fraction of sp³-hybridized carbons (Fsp3) is 0.259. The molecule has 0 bridgehead atoms. The third-order valence-corrected chi connectivity index (χ3v) is 5.56. The molecule has 214 valence electrons. The molecule has 3 aromatic rings. The Balaban J connectivity index is 0.000000611. The van der Waals surface area contributed by atoms with E-state index < -0.39 is 48.3 Å². The van der Waals surface area contributed by atoms with Gasteiger partial charge in [-0.3, -0.25) is 14.4 Å². The van der Waals surface area contributed by atoms with E-state index >= 15 is 0 Å². The molecule has 0 aliphatic rings. The van der Waals surface area contributed by atoms with Crippen molar-refractivity contribution in [2.75, 3.05) is 13.2 Å². The van der Waals surface area contributed by atoms with Gasteiger partial charge in [0.25, 0.3) is 5.56 Å². The molecule has 0 unspecified atom stereocenters. The number of carboxylic acid groups (broad SMARTS) is 1. The normalized spacial score (nSPS) is 10.2. The molecule has 0 aliphatic carbocycles. The molecule has 0 spiro atoms. The first-order valence-electron chi connectivity index (χ1n) is 11.7. The van der Waals surface area contributed by atoms with Gasteiger partial charge in [-0.25, -0.2) is 13.6 Å².